The van der Waals surface area contributed by atoms with Crippen LogP contribution < -0.4 is 11.2 Å². The molecule has 2 aromatic carbocycles. The van der Waals surface area contributed by atoms with Gasteiger partial charge in [0.05, 0.1) is 10.9 Å². The molecule has 7 nitrogen and oxygen atoms in total. The van der Waals surface area contributed by atoms with Crippen LogP contribution in [-0.4, -0.2) is 24.5 Å². The molecule has 0 N–H and O–H groups in total. The molecule has 0 atom stereocenters. The Morgan fingerprint density at radius 3 is 2.55 bits per heavy atom. The number of ketones is 1. The average molecular weight is 476 g/mol. The van der Waals surface area contributed by atoms with Crippen molar-refractivity contribution in [3.05, 3.63) is 78.4 Å². The summed E-state index contributed by atoms with van der Waals surface area (Å²) in [4.78, 5) is 38.6. The van der Waals surface area contributed by atoms with Crippen molar-refractivity contribution in [2.75, 3.05) is 0 Å². The second-order valence-electron chi connectivity index (χ2n) is 6.62. The topological polar surface area (TPSA) is 78.4 Å². The zero-order valence-electron chi connectivity index (χ0n) is 15.4. The minimum Gasteiger partial charge on any atom is -0.292 e. The van der Waals surface area contributed by atoms with Crippen molar-refractivity contribution < 1.29 is 4.79 Å². The molecule has 2 heterocycles. The van der Waals surface area contributed by atoms with E-state index in [2.05, 4.69) is 21.0 Å². The molecule has 0 fully saturated rings. The third-order valence-electron chi connectivity index (χ3n) is 4.65. The normalized spacial score (nSPS) is 11.4. The van der Waals surface area contributed by atoms with Crippen LogP contribution in [0.25, 0.3) is 16.7 Å². The van der Waals surface area contributed by atoms with Crippen LogP contribution in [-0.2, 0) is 13.1 Å². The second kappa shape index (κ2) is 7.61. The first-order valence-corrected chi connectivity index (χ1v) is 10.2. The fraction of sp³-hybridized carbons (Fsp3) is 0.200. The lowest BCUT2D eigenvalue weighted by Crippen LogP contribution is -2.27. The van der Waals surface area contributed by atoms with Crippen molar-refractivity contribution in [3.8, 4) is 0 Å². The first kappa shape index (κ1) is 19.6. The molecule has 0 aliphatic heterocycles. The molecule has 0 unspecified atom stereocenters. The van der Waals surface area contributed by atoms with Gasteiger partial charge in [-0.25, -0.2) is 13.9 Å². The quantitative estimate of drug-likeness (QED) is 0.414. The summed E-state index contributed by atoms with van der Waals surface area (Å²) in [6, 6.07) is 11.6. The Kier molecular flexibility index (Phi) is 5.14. The van der Waals surface area contributed by atoms with E-state index in [1.165, 1.54) is 8.97 Å². The lowest BCUT2D eigenvalue weighted by atomic mass is 10.1. The zero-order chi connectivity index (χ0) is 20.7. The molecule has 4 aromatic rings. The zero-order valence-corrected chi connectivity index (χ0v) is 17.8. The van der Waals surface area contributed by atoms with Crippen LogP contribution in [0.15, 0.2) is 56.5 Å². The number of nitrogens with zero attached hydrogens (tertiary/aromatic N) is 4. The fourth-order valence-corrected chi connectivity index (χ4v) is 3.71. The van der Waals surface area contributed by atoms with E-state index in [1.807, 2.05) is 6.92 Å². The van der Waals surface area contributed by atoms with E-state index in [0.29, 0.717) is 34.5 Å². The van der Waals surface area contributed by atoms with Gasteiger partial charge in [0, 0.05) is 21.6 Å². The second-order valence-corrected chi connectivity index (χ2v) is 7.98. The Balaban J connectivity index is 1.93. The largest absolute Gasteiger partial charge is 0.352 e. The summed E-state index contributed by atoms with van der Waals surface area (Å²) in [5.41, 5.74) is 0.0955. The van der Waals surface area contributed by atoms with Gasteiger partial charge in [-0.1, -0.05) is 46.6 Å². The summed E-state index contributed by atoms with van der Waals surface area (Å²) in [6.07, 6.45) is 0.688. The molecular formula is C20H16BrClN4O3. The number of fused-ring (bicyclic) bond motifs is 3. The van der Waals surface area contributed by atoms with Gasteiger partial charge in [-0.05, 0) is 36.8 Å². The summed E-state index contributed by atoms with van der Waals surface area (Å²) < 4.78 is 4.74. The van der Waals surface area contributed by atoms with Crippen LogP contribution in [0.2, 0.25) is 5.02 Å². The Bertz CT molecular complexity index is 1370. The Labute approximate surface area is 178 Å². The number of carbonyl (C=O) groups is 1. The molecule has 0 aliphatic rings. The van der Waals surface area contributed by atoms with Crippen molar-refractivity contribution in [2.24, 2.45) is 0 Å². The molecule has 0 spiro atoms. The number of aromatic nitrogens is 4. The molecule has 29 heavy (non-hydrogen) atoms. The summed E-state index contributed by atoms with van der Waals surface area (Å²) in [7, 11) is 0. The van der Waals surface area contributed by atoms with Crippen molar-refractivity contribution in [2.45, 2.75) is 26.4 Å². The first-order chi connectivity index (χ1) is 13.9. The molecular weight excluding hydrogens is 460 g/mol. The molecule has 148 valence electrons. The van der Waals surface area contributed by atoms with Gasteiger partial charge in [0.2, 0.25) is 5.78 Å². The third-order valence-corrected chi connectivity index (χ3v) is 5.41. The number of carbonyl (C=O) groups excluding carboxylic acids is 1. The van der Waals surface area contributed by atoms with E-state index in [9.17, 15) is 14.4 Å². The van der Waals surface area contributed by atoms with Crippen LogP contribution in [0.3, 0.4) is 0 Å². The van der Waals surface area contributed by atoms with Gasteiger partial charge in [-0.3, -0.25) is 14.2 Å². The van der Waals surface area contributed by atoms with Gasteiger partial charge in [0.15, 0.2) is 5.78 Å². The summed E-state index contributed by atoms with van der Waals surface area (Å²) in [5, 5.41) is 5.08. The summed E-state index contributed by atoms with van der Waals surface area (Å²) in [6.45, 7) is 2.10. The van der Waals surface area contributed by atoms with E-state index >= 15 is 0 Å². The first-order valence-electron chi connectivity index (χ1n) is 9.01. The van der Waals surface area contributed by atoms with Gasteiger partial charge >= 0.3 is 5.69 Å². The van der Waals surface area contributed by atoms with Crippen LogP contribution in [0.1, 0.15) is 23.7 Å². The summed E-state index contributed by atoms with van der Waals surface area (Å²) in [5.74, 6) is -0.0602. The van der Waals surface area contributed by atoms with Gasteiger partial charge in [-0.15, -0.1) is 5.10 Å². The third kappa shape index (κ3) is 3.42. The van der Waals surface area contributed by atoms with E-state index in [-0.39, 0.29) is 23.7 Å². The minimum atomic E-state index is -0.498. The maximum absolute atomic E-state index is 13.1. The van der Waals surface area contributed by atoms with Crippen LogP contribution in [0, 0.1) is 0 Å². The van der Waals surface area contributed by atoms with Gasteiger partial charge < -0.3 is 0 Å². The number of Topliss-reactive ketones (excluding diaryl/α,β-unsaturated/α-hetero) is 1. The van der Waals surface area contributed by atoms with Crippen LogP contribution >= 0.6 is 27.5 Å². The van der Waals surface area contributed by atoms with Crippen molar-refractivity contribution in [1.82, 2.24) is 18.7 Å². The Hall–Kier alpha value is -2.71. The number of rotatable bonds is 5. The maximum atomic E-state index is 13.1. The lowest BCUT2D eigenvalue weighted by Gasteiger charge is -2.08. The predicted octanol–water partition coefficient (Wildman–Crippen LogP) is 3.52. The molecule has 0 saturated carbocycles. The number of aryl methyl sites for hydroxylation is 1. The predicted molar refractivity (Wildman–Crippen MR) is 115 cm³/mol. The van der Waals surface area contributed by atoms with E-state index < -0.39 is 5.69 Å². The molecule has 0 bridgehead atoms. The van der Waals surface area contributed by atoms with Crippen molar-refractivity contribution in [1.29, 1.82) is 0 Å². The maximum Gasteiger partial charge on any atom is 0.352 e. The molecule has 0 aliphatic carbocycles. The van der Waals surface area contributed by atoms with Crippen LogP contribution in [0.4, 0.5) is 0 Å². The van der Waals surface area contributed by atoms with Gasteiger partial charge in [0.25, 0.3) is 5.56 Å². The SMILES string of the molecule is CCCn1c(=O)c2ccc(Cl)cc2n2c(=O)n(CC(=O)c3ccc(Br)cc3)nc12. The highest BCUT2D eigenvalue weighted by Gasteiger charge is 2.19. The molecule has 0 radical (unpaired) electrons. The number of benzene rings is 2. The molecule has 4 rings (SSSR count). The average Bonchev–Trinajstić information content (AvgIpc) is 3.01. The number of hydrogen-bond donors (Lipinski definition) is 0. The van der Waals surface area contributed by atoms with E-state index in [4.69, 9.17) is 11.6 Å². The van der Waals surface area contributed by atoms with Crippen molar-refractivity contribution in [3.63, 3.8) is 0 Å². The molecule has 0 amide bonds. The standard InChI is InChI=1S/C20H16BrClN4O3/c1-2-9-24-18(28)15-8-7-14(22)10-16(15)26-19(24)23-25(20(26)29)11-17(27)12-3-5-13(21)6-4-12/h3-8,10H,2,9,11H2,1H3. The van der Waals surface area contributed by atoms with E-state index in [0.717, 1.165) is 9.15 Å². The highest BCUT2D eigenvalue weighted by Crippen LogP contribution is 2.17. The van der Waals surface area contributed by atoms with E-state index in [1.54, 1.807) is 42.5 Å². The molecule has 2 aromatic heterocycles. The van der Waals surface area contributed by atoms with Gasteiger partial charge in [-0.2, -0.15) is 0 Å². The fourth-order valence-electron chi connectivity index (χ4n) is 3.28. The minimum absolute atomic E-state index is 0.195. The highest BCUT2D eigenvalue weighted by molar-refractivity contribution is 9.10. The molecule has 0 saturated heterocycles. The number of hydrogen-bond acceptors (Lipinski definition) is 4. The highest BCUT2D eigenvalue weighted by atomic mass is 79.9. The number of halogens is 2. The van der Waals surface area contributed by atoms with Crippen LogP contribution in [0.5, 0.6) is 0 Å². The smallest absolute Gasteiger partial charge is 0.292 e. The monoisotopic (exact) mass is 474 g/mol. The van der Waals surface area contributed by atoms with Gasteiger partial charge in [0.1, 0.15) is 6.54 Å². The molecule has 9 heteroatoms. The Morgan fingerprint density at radius 1 is 1.14 bits per heavy atom. The Morgan fingerprint density at radius 2 is 1.86 bits per heavy atom. The van der Waals surface area contributed by atoms with Crippen molar-refractivity contribution >= 4 is 50.0 Å². The lowest BCUT2D eigenvalue weighted by molar-refractivity contribution is 0.0966. The summed E-state index contributed by atoms with van der Waals surface area (Å²) >= 11 is 9.43.